The molecular formula is C20H14FN3O4. The van der Waals surface area contributed by atoms with Crippen molar-refractivity contribution in [3.05, 3.63) is 99.0 Å². The van der Waals surface area contributed by atoms with Crippen molar-refractivity contribution in [1.29, 1.82) is 5.26 Å². The number of rotatable bonds is 6. The molecule has 0 radical (unpaired) electrons. The third kappa shape index (κ3) is 4.40. The zero-order chi connectivity index (χ0) is 20.1. The summed E-state index contributed by atoms with van der Waals surface area (Å²) in [4.78, 5) is 24.3. The zero-order valence-electron chi connectivity index (χ0n) is 14.5. The van der Waals surface area contributed by atoms with Gasteiger partial charge in [0, 0.05) is 13.1 Å². The molecule has 0 atom stereocenters. The minimum atomic E-state index is -0.728. The van der Waals surface area contributed by atoms with Crippen LogP contribution < -0.4 is 0 Å². The molecule has 8 heteroatoms. The zero-order valence-corrected chi connectivity index (χ0v) is 14.5. The summed E-state index contributed by atoms with van der Waals surface area (Å²) in [5, 5.41) is 19.7. The number of nitrogens with zero attached hydrogens (tertiary/aromatic N) is 3. The van der Waals surface area contributed by atoms with E-state index in [4.69, 9.17) is 9.68 Å². The number of halogens is 1. The van der Waals surface area contributed by atoms with Gasteiger partial charge in [-0.05, 0) is 41.5 Å². The molecule has 0 spiro atoms. The number of nitriles is 1. The molecule has 0 aliphatic rings. The van der Waals surface area contributed by atoms with Crippen LogP contribution in [-0.2, 0) is 13.1 Å². The fourth-order valence-corrected chi connectivity index (χ4v) is 2.66. The first kappa shape index (κ1) is 18.8. The van der Waals surface area contributed by atoms with E-state index in [1.54, 1.807) is 30.3 Å². The molecule has 0 aliphatic carbocycles. The maximum atomic E-state index is 13.5. The van der Waals surface area contributed by atoms with E-state index >= 15 is 0 Å². The minimum Gasteiger partial charge on any atom is -0.395 e. The summed E-state index contributed by atoms with van der Waals surface area (Å²) >= 11 is 0. The van der Waals surface area contributed by atoms with Crippen molar-refractivity contribution in [3.8, 4) is 6.07 Å². The van der Waals surface area contributed by atoms with Gasteiger partial charge < -0.3 is 9.32 Å². The summed E-state index contributed by atoms with van der Waals surface area (Å²) in [5.74, 6) is -1.72. The smallest absolute Gasteiger partial charge is 0.395 e. The van der Waals surface area contributed by atoms with Gasteiger partial charge in [-0.1, -0.05) is 24.3 Å². The van der Waals surface area contributed by atoms with Gasteiger partial charge in [0.1, 0.15) is 10.7 Å². The number of amides is 1. The molecule has 0 aliphatic heterocycles. The van der Waals surface area contributed by atoms with Gasteiger partial charge >= 0.3 is 5.88 Å². The fraction of sp³-hybridized carbons (Fsp3) is 0.100. The first-order valence-electron chi connectivity index (χ1n) is 8.23. The number of hydrogen-bond donors (Lipinski definition) is 0. The molecular weight excluding hydrogens is 365 g/mol. The summed E-state index contributed by atoms with van der Waals surface area (Å²) in [6.45, 7) is 0.223. The number of nitro groups is 1. The Hall–Kier alpha value is -3.99. The predicted molar refractivity (Wildman–Crippen MR) is 96.5 cm³/mol. The normalized spacial score (nSPS) is 10.3. The van der Waals surface area contributed by atoms with E-state index in [1.165, 1.54) is 29.2 Å². The quantitative estimate of drug-likeness (QED) is 0.475. The first-order valence-corrected chi connectivity index (χ1v) is 8.23. The Labute approximate surface area is 159 Å². The highest BCUT2D eigenvalue weighted by Crippen LogP contribution is 2.20. The summed E-state index contributed by atoms with van der Waals surface area (Å²) in [7, 11) is 0. The lowest BCUT2D eigenvalue weighted by Gasteiger charge is -2.22. The van der Waals surface area contributed by atoms with Crippen LogP contribution in [0.25, 0.3) is 0 Å². The standard InChI is InChI=1S/C20H14FN3O4/c21-17-3-1-2-16(10-17)13-23(12-15-6-4-14(11-22)5-7-15)20(25)18-8-9-19(28-18)24(26)27/h1-10H,12-13H2. The van der Waals surface area contributed by atoms with Crippen LogP contribution in [0.4, 0.5) is 10.3 Å². The Kier molecular flexibility index (Phi) is 5.46. The van der Waals surface area contributed by atoms with E-state index < -0.39 is 22.5 Å². The van der Waals surface area contributed by atoms with Crippen molar-refractivity contribution in [3.63, 3.8) is 0 Å². The van der Waals surface area contributed by atoms with Crippen LogP contribution in [0.1, 0.15) is 27.2 Å². The molecule has 2 aromatic carbocycles. The van der Waals surface area contributed by atoms with E-state index in [1.807, 2.05) is 6.07 Å². The predicted octanol–water partition coefficient (Wildman–Crippen LogP) is 4.04. The fourth-order valence-electron chi connectivity index (χ4n) is 2.66. The monoisotopic (exact) mass is 379 g/mol. The Morgan fingerprint density at radius 3 is 2.43 bits per heavy atom. The van der Waals surface area contributed by atoms with Crippen LogP contribution in [0.15, 0.2) is 65.1 Å². The number of carbonyl (C=O) groups is 1. The second-order valence-electron chi connectivity index (χ2n) is 5.99. The van der Waals surface area contributed by atoms with Gasteiger partial charge in [0.05, 0.1) is 17.7 Å². The lowest BCUT2D eigenvalue weighted by molar-refractivity contribution is -0.402. The minimum absolute atomic E-state index is 0.0745. The van der Waals surface area contributed by atoms with Crippen molar-refractivity contribution in [2.24, 2.45) is 0 Å². The van der Waals surface area contributed by atoms with Crippen LogP contribution in [0.2, 0.25) is 0 Å². The van der Waals surface area contributed by atoms with E-state index in [9.17, 15) is 19.3 Å². The van der Waals surface area contributed by atoms with Gasteiger partial charge in [0.25, 0.3) is 5.91 Å². The van der Waals surface area contributed by atoms with Crippen LogP contribution in [0.3, 0.4) is 0 Å². The largest absolute Gasteiger partial charge is 0.433 e. The average molecular weight is 379 g/mol. The molecule has 0 saturated heterocycles. The van der Waals surface area contributed by atoms with Crippen LogP contribution in [0.5, 0.6) is 0 Å². The van der Waals surface area contributed by atoms with Gasteiger partial charge in [-0.15, -0.1) is 0 Å². The number of benzene rings is 2. The molecule has 0 bridgehead atoms. The van der Waals surface area contributed by atoms with Crippen molar-refractivity contribution in [2.45, 2.75) is 13.1 Å². The van der Waals surface area contributed by atoms with Gasteiger partial charge in [0.2, 0.25) is 0 Å². The third-order valence-electron chi connectivity index (χ3n) is 3.99. The molecule has 0 N–H and O–H groups in total. The van der Waals surface area contributed by atoms with Crippen molar-refractivity contribution in [1.82, 2.24) is 4.90 Å². The van der Waals surface area contributed by atoms with Crippen LogP contribution in [0, 0.1) is 27.3 Å². The first-order chi connectivity index (χ1) is 13.5. The number of carbonyl (C=O) groups excluding carboxylic acids is 1. The summed E-state index contributed by atoms with van der Waals surface area (Å²) < 4.78 is 18.5. The van der Waals surface area contributed by atoms with Gasteiger partial charge in [-0.3, -0.25) is 14.9 Å². The van der Waals surface area contributed by atoms with Crippen LogP contribution in [-0.4, -0.2) is 15.7 Å². The van der Waals surface area contributed by atoms with Crippen molar-refractivity contribution in [2.75, 3.05) is 0 Å². The summed E-state index contributed by atoms with van der Waals surface area (Å²) in [6.07, 6.45) is 0. The van der Waals surface area contributed by atoms with Gasteiger partial charge in [0.15, 0.2) is 5.76 Å². The Balaban J connectivity index is 1.88. The van der Waals surface area contributed by atoms with Gasteiger partial charge in [-0.2, -0.15) is 5.26 Å². The molecule has 0 saturated carbocycles. The van der Waals surface area contributed by atoms with E-state index in [2.05, 4.69) is 0 Å². The van der Waals surface area contributed by atoms with E-state index in [0.717, 1.165) is 11.6 Å². The molecule has 1 heterocycles. The molecule has 1 aromatic heterocycles. The SMILES string of the molecule is N#Cc1ccc(CN(Cc2cccc(F)c2)C(=O)c2ccc([N+](=O)[O-])o2)cc1. The van der Waals surface area contributed by atoms with E-state index in [-0.39, 0.29) is 18.8 Å². The molecule has 140 valence electrons. The van der Waals surface area contributed by atoms with Gasteiger partial charge in [-0.25, -0.2) is 4.39 Å². The van der Waals surface area contributed by atoms with Crippen LogP contribution >= 0.6 is 0 Å². The maximum absolute atomic E-state index is 13.5. The lowest BCUT2D eigenvalue weighted by atomic mass is 10.1. The highest BCUT2D eigenvalue weighted by atomic mass is 19.1. The number of hydrogen-bond acceptors (Lipinski definition) is 5. The highest BCUT2D eigenvalue weighted by Gasteiger charge is 2.23. The molecule has 28 heavy (non-hydrogen) atoms. The molecule has 0 fully saturated rings. The molecule has 1 amide bonds. The molecule has 3 rings (SSSR count). The Bertz CT molecular complexity index is 1050. The second-order valence-corrected chi connectivity index (χ2v) is 5.99. The highest BCUT2D eigenvalue weighted by molar-refractivity contribution is 5.91. The second kappa shape index (κ2) is 8.14. The molecule has 3 aromatic rings. The lowest BCUT2D eigenvalue weighted by Crippen LogP contribution is -2.30. The Morgan fingerprint density at radius 1 is 1.11 bits per heavy atom. The molecule has 7 nitrogen and oxygen atoms in total. The van der Waals surface area contributed by atoms with E-state index in [0.29, 0.717) is 11.1 Å². The maximum Gasteiger partial charge on any atom is 0.433 e. The molecule has 0 unspecified atom stereocenters. The van der Waals surface area contributed by atoms with Crippen molar-refractivity contribution >= 4 is 11.8 Å². The average Bonchev–Trinajstić information content (AvgIpc) is 3.18. The number of furan rings is 1. The summed E-state index contributed by atoms with van der Waals surface area (Å²) in [5.41, 5.74) is 1.78. The topological polar surface area (TPSA) is 100 Å². The van der Waals surface area contributed by atoms with Crippen molar-refractivity contribution < 1.29 is 18.5 Å². The third-order valence-corrected chi connectivity index (χ3v) is 3.99. The summed E-state index contributed by atoms with van der Waals surface area (Å²) in [6, 6.07) is 16.8. The Morgan fingerprint density at radius 2 is 1.82 bits per heavy atom.